The average molecular weight is 502 g/mol. The predicted octanol–water partition coefficient (Wildman–Crippen LogP) is 3.81. The monoisotopic (exact) mass is 503 g/mol. The molecule has 1 fully saturated rings. The summed E-state index contributed by atoms with van der Waals surface area (Å²) < 4.78 is 33.4. The zero-order valence-electron chi connectivity index (χ0n) is 17.4. The van der Waals surface area contributed by atoms with Crippen LogP contribution in [0.4, 0.5) is 0 Å². The normalized spacial score (nSPS) is 17.0. The average Bonchev–Trinajstić information content (AvgIpc) is 2.77. The molecule has 1 aliphatic heterocycles. The Morgan fingerprint density at radius 1 is 1.00 bits per heavy atom. The summed E-state index contributed by atoms with van der Waals surface area (Å²) in [6, 6.07) is 10.5. The van der Waals surface area contributed by atoms with Crippen molar-refractivity contribution < 1.29 is 22.2 Å². The molecule has 1 saturated heterocycles. The van der Waals surface area contributed by atoms with Crippen LogP contribution in [0.1, 0.15) is 46.3 Å². The van der Waals surface area contributed by atoms with Crippen molar-refractivity contribution in [3.63, 3.8) is 0 Å². The molecule has 0 bridgehead atoms. The molecule has 0 radical (unpaired) electrons. The summed E-state index contributed by atoms with van der Waals surface area (Å²) in [5.74, 6) is -0.227. The second-order valence-electron chi connectivity index (χ2n) is 7.75. The van der Waals surface area contributed by atoms with Crippen LogP contribution in [0.25, 0.3) is 10.4 Å². The molecule has 1 aliphatic carbocycles. The van der Waals surface area contributed by atoms with E-state index in [0.29, 0.717) is 5.75 Å². The molecule has 0 spiro atoms. The molecule has 0 atom stereocenters. The van der Waals surface area contributed by atoms with Crippen molar-refractivity contribution in [2.45, 2.75) is 43.7 Å². The van der Waals surface area contributed by atoms with Gasteiger partial charge in [-0.3, -0.25) is 0 Å². The van der Waals surface area contributed by atoms with Crippen molar-refractivity contribution in [1.29, 1.82) is 0 Å². The number of rotatable bonds is 4. The molecular weight excluding hydrogens is 479 g/mol. The van der Waals surface area contributed by atoms with Gasteiger partial charge < -0.3 is 0 Å². The van der Waals surface area contributed by atoms with Crippen LogP contribution in [0.2, 0.25) is 10.6 Å². The van der Waals surface area contributed by atoms with Crippen LogP contribution >= 0.6 is 0 Å². The van der Waals surface area contributed by atoms with Crippen LogP contribution in [0.15, 0.2) is 42.5 Å². The van der Waals surface area contributed by atoms with E-state index in [-0.39, 0.29) is 21.7 Å². The van der Waals surface area contributed by atoms with Crippen molar-refractivity contribution in [2.24, 2.45) is 0 Å². The third kappa shape index (κ3) is 4.17. The number of allylic oxidation sites excluding steroid dienone is 1. The molecule has 2 aromatic rings. The second kappa shape index (κ2) is 8.56. The van der Waals surface area contributed by atoms with Crippen molar-refractivity contribution in [3.05, 3.63) is 70.3 Å². The van der Waals surface area contributed by atoms with E-state index in [2.05, 4.69) is 16.9 Å². The Balaban J connectivity index is 1.72. The second-order valence-corrected chi connectivity index (χ2v) is 14.0. The Morgan fingerprint density at radius 3 is 2.23 bits per heavy atom. The van der Waals surface area contributed by atoms with Gasteiger partial charge >= 0.3 is 187 Å². The fraction of sp³-hybridized carbons (Fsp3) is 0.304. The molecule has 4 rings (SSSR count). The van der Waals surface area contributed by atoms with Crippen molar-refractivity contribution in [3.8, 4) is 5.75 Å². The zero-order valence-corrected chi connectivity index (χ0v) is 20.0. The molecule has 0 aromatic heterocycles. The molecule has 8 heteroatoms. The Morgan fingerprint density at radius 2 is 1.61 bits per heavy atom. The first-order chi connectivity index (χ1) is 14.8. The first kappa shape index (κ1) is 21.7. The number of benzene rings is 2. The fourth-order valence-electron chi connectivity index (χ4n) is 4.01. The summed E-state index contributed by atoms with van der Waals surface area (Å²) in [7, 11) is -4.27. The number of hydrogen-bond donors (Lipinski definition) is 0. The molecule has 0 saturated carbocycles. The standard InChI is InChI=1S/C23H23N2O4SSe/c1-15-12-17(31-10-6-3-7-11-31)13-16(2)23(15)29-30(27,28)21-14-20(25-24)22(26)19-9-5-4-8-18(19)21/h4-5,8-9,12-14H,3,6-7,10-11H2,1-2H3/q+1. The summed E-state index contributed by atoms with van der Waals surface area (Å²) in [6.07, 6.45) is 4.91. The first-order valence-electron chi connectivity index (χ1n) is 10.1. The van der Waals surface area contributed by atoms with E-state index in [1.165, 1.54) is 40.4 Å². The van der Waals surface area contributed by atoms with Crippen LogP contribution in [-0.2, 0) is 10.1 Å². The van der Waals surface area contributed by atoms with Crippen LogP contribution in [0.5, 0.6) is 5.75 Å². The number of carbonyl (C=O) groups is 1. The van der Waals surface area contributed by atoms with Gasteiger partial charge in [0.2, 0.25) is 0 Å². The predicted molar refractivity (Wildman–Crippen MR) is 122 cm³/mol. The minimum absolute atomic E-state index is 0.159. The van der Waals surface area contributed by atoms with E-state index < -0.39 is 29.8 Å². The van der Waals surface area contributed by atoms with Gasteiger partial charge in [0.1, 0.15) is 0 Å². The zero-order chi connectivity index (χ0) is 22.2. The number of carbonyl (C=O) groups excluding carboxylic acids is 1. The molecule has 0 unspecified atom stereocenters. The van der Waals surface area contributed by atoms with Gasteiger partial charge in [-0.05, 0) is 0 Å². The number of ketones is 1. The van der Waals surface area contributed by atoms with E-state index in [9.17, 15) is 18.7 Å². The van der Waals surface area contributed by atoms with E-state index in [1.54, 1.807) is 18.2 Å². The van der Waals surface area contributed by atoms with Gasteiger partial charge in [-0.2, -0.15) is 0 Å². The van der Waals surface area contributed by atoms with E-state index >= 15 is 0 Å². The van der Waals surface area contributed by atoms with Gasteiger partial charge in [0, 0.05) is 0 Å². The summed E-state index contributed by atoms with van der Waals surface area (Å²) in [6.45, 7) is 3.73. The number of hydrogen-bond acceptors (Lipinski definition) is 4. The molecule has 160 valence electrons. The maximum absolute atomic E-state index is 13.2. The summed E-state index contributed by atoms with van der Waals surface area (Å²) >= 11 is -0.854. The summed E-state index contributed by atoms with van der Waals surface area (Å²) in [5.41, 5.74) is 10.8. The van der Waals surface area contributed by atoms with Gasteiger partial charge in [-0.15, -0.1) is 0 Å². The first-order valence-corrected chi connectivity index (χ1v) is 14.8. The van der Waals surface area contributed by atoms with E-state index in [4.69, 9.17) is 4.18 Å². The molecule has 0 amide bonds. The van der Waals surface area contributed by atoms with Crippen LogP contribution in [0, 0.1) is 13.8 Å². The molecule has 2 aliphatic rings. The third-order valence-corrected chi connectivity index (χ3v) is 12.0. The molecule has 2 aromatic carbocycles. The maximum atomic E-state index is 13.2. The van der Waals surface area contributed by atoms with E-state index in [0.717, 1.165) is 17.2 Å². The van der Waals surface area contributed by atoms with Crippen LogP contribution in [0.3, 0.4) is 0 Å². The van der Waals surface area contributed by atoms with Crippen LogP contribution < -0.4 is 8.64 Å². The van der Waals surface area contributed by atoms with Crippen molar-refractivity contribution in [2.75, 3.05) is 0 Å². The number of Topliss-reactive ketones (excluding diaryl/α,β-unsaturated/α-hetero) is 1. The Labute approximate surface area is 186 Å². The number of nitrogens with zero attached hydrogens (tertiary/aromatic N) is 2. The van der Waals surface area contributed by atoms with Gasteiger partial charge in [-0.25, -0.2) is 0 Å². The van der Waals surface area contributed by atoms with Gasteiger partial charge in [-0.1, -0.05) is 0 Å². The van der Waals surface area contributed by atoms with Gasteiger partial charge in [0.25, 0.3) is 0 Å². The number of aryl methyl sites for hydroxylation is 2. The summed E-state index contributed by atoms with van der Waals surface area (Å²) in [5, 5.41) is 2.55. The van der Waals surface area contributed by atoms with E-state index in [1.807, 2.05) is 13.8 Å². The van der Waals surface area contributed by atoms with Crippen molar-refractivity contribution in [1.82, 2.24) is 0 Å². The third-order valence-electron chi connectivity index (χ3n) is 5.56. The van der Waals surface area contributed by atoms with Gasteiger partial charge in [0.05, 0.1) is 0 Å². The van der Waals surface area contributed by atoms with Crippen molar-refractivity contribution >= 4 is 44.9 Å². The topological polar surface area (TPSA) is 96.8 Å². The Hall–Kier alpha value is -2.50. The Bertz CT molecular complexity index is 1230. The summed E-state index contributed by atoms with van der Waals surface area (Å²) in [4.78, 5) is 15.2. The number of fused-ring (bicyclic) bond motifs is 1. The molecule has 1 heterocycles. The quantitative estimate of drug-likeness (QED) is 0.275. The fourth-order valence-corrected chi connectivity index (χ4v) is 10.5. The Kier molecular flexibility index (Phi) is 6.00. The SMILES string of the molecule is Cc1cc([Se+]2CCCCC2)cc(C)c1OS(=O)(=O)C1=CC(=[N+]=[N-])C(=O)c2ccccc21. The van der Waals surface area contributed by atoms with Crippen LogP contribution in [-0.4, -0.2) is 38.6 Å². The molecule has 31 heavy (non-hydrogen) atoms. The molecule has 0 N–H and O–H groups in total. The van der Waals surface area contributed by atoms with Gasteiger partial charge in [0.15, 0.2) is 0 Å². The molecule has 6 nitrogen and oxygen atoms in total. The minimum atomic E-state index is -4.27. The molecular formula is C23H23N2O4SSe+.